The van der Waals surface area contributed by atoms with Crippen molar-refractivity contribution >= 4 is 78.6 Å². The Hall–Kier alpha value is -6.94. The Kier molecular flexibility index (Phi) is 7.22. The average Bonchev–Trinajstić information content (AvgIpc) is 3.78. The molecule has 0 fully saturated rings. The predicted molar refractivity (Wildman–Crippen MR) is 234 cm³/mol. The molecule has 0 amide bonds. The Morgan fingerprint density at radius 1 is 0.382 bits per heavy atom. The minimum Gasteiger partial charge on any atom is -0.456 e. The molecule has 2 nitrogen and oxygen atoms in total. The highest BCUT2D eigenvalue weighted by molar-refractivity contribution is 7.23. The second-order valence-corrected chi connectivity index (χ2v) is 18.1. The number of hydrogen-bond acceptors (Lipinski definition) is 2. The van der Waals surface area contributed by atoms with E-state index in [-0.39, 0.29) is 0 Å². The zero-order chi connectivity index (χ0) is 36.3. The lowest BCUT2D eigenvalue weighted by molar-refractivity contribution is 0.669. The highest BCUT2D eigenvalue weighted by Gasteiger charge is 2.50. The summed E-state index contributed by atoms with van der Waals surface area (Å²) in [7, 11) is -2.83. The number of hydrogen-bond donors (Lipinski definition) is 0. The average molecular weight is 718 g/mol. The van der Waals surface area contributed by atoms with Crippen LogP contribution in [0.4, 0.5) is 17.1 Å². The van der Waals surface area contributed by atoms with Gasteiger partial charge >= 0.3 is 0 Å². The van der Waals surface area contributed by atoms with Gasteiger partial charge in [0.2, 0.25) is 0 Å². The molecule has 1 aliphatic rings. The van der Waals surface area contributed by atoms with E-state index < -0.39 is 8.07 Å². The van der Waals surface area contributed by atoms with Crippen LogP contribution in [-0.4, -0.2) is 8.07 Å². The molecule has 55 heavy (non-hydrogen) atoms. The lowest BCUT2D eigenvalue weighted by Crippen LogP contribution is -2.73. The van der Waals surface area contributed by atoms with Crippen LogP contribution < -0.4 is 25.6 Å². The summed E-state index contributed by atoms with van der Waals surface area (Å²) >= 11 is 0. The summed E-state index contributed by atoms with van der Waals surface area (Å²) in [6, 6.07) is 77.9. The molecule has 0 saturated carbocycles. The van der Waals surface area contributed by atoms with Crippen LogP contribution in [0.3, 0.4) is 0 Å². The number of rotatable bonds is 6. The van der Waals surface area contributed by atoms with Gasteiger partial charge in [0.25, 0.3) is 0 Å². The minimum absolute atomic E-state index is 0.876. The van der Waals surface area contributed by atoms with Gasteiger partial charge in [-0.25, -0.2) is 0 Å². The maximum Gasteiger partial charge on any atom is 0.181 e. The van der Waals surface area contributed by atoms with E-state index in [9.17, 15) is 0 Å². The molecule has 0 N–H and O–H groups in total. The molecule has 0 aliphatic carbocycles. The van der Waals surface area contributed by atoms with E-state index in [0.717, 1.165) is 39.0 Å². The van der Waals surface area contributed by atoms with E-state index in [1.165, 1.54) is 53.8 Å². The maximum absolute atomic E-state index is 6.51. The van der Waals surface area contributed by atoms with Gasteiger partial charge in [-0.2, -0.15) is 0 Å². The molecule has 2 heterocycles. The summed E-state index contributed by atoms with van der Waals surface area (Å²) in [5, 5.41) is 10.5. The Morgan fingerprint density at radius 3 is 1.84 bits per heavy atom. The van der Waals surface area contributed by atoms with Gasteiger partial charge < -0.3 is 9.32 Å². The van der Waals surface area contributed by atoms with E-state index in [2.05, 4.69) is 211 Å². The minimum atomic E-state index is -2.83. The lowest BCUT2D eigenvalue weighted by Gasteiger charge is -2.33. The first-order valence-electron chi connectivity index (χ1n) is 18.9. The summed E-state index contributed by atoms with van der Waals surface area (Å²) in [4.78, 5) is 2.44. The smallest absolute Gasteiger partial charge is 0.181 e. The Bertz CT molecular complexity index is 3040. The van der Waals surface area contributed by atoms with Crippen LogP contribution in [0, 0.1) is 0 Å². The van der Waals surface area contributed by atoms with Gasteiger partial charge in [-0.15, -0.1) is 0 Å². The van der Waals surface area contributed by atoms with Crippen molar-refractivity contribution in [1.82, 2.24) is 0 Å². The van der Waals surface area contributed by atoms with Crippen LogP contribution in [-0.2, 0) is 0 Å². The topological polar surface area (TPSA) is 16.4 Å². The third-order valence-electron chi connectivity index (χ3n) is 11.5. The third-order valence-corrected chi connectivity index (χ3v) is 16.5. The fraction of sp³-hybridized carbons (Fsp3) is 0. The largest absolute Gasteiger partial charge is 0.456 e. The molecule has 9 aromatic carbocycles. The normalized spacial score (nSPS) is 14.6. The van der Waals surface area contributed by atoms with Crippen LogP contribution in [0.2, 0.25) is 0 Å². The van der Waals surface area contributed by atoms with Crippen molar-refractivity contribution < 1.29 is 4.42 Å². The maximum atomic E-state index is 6.51. The molecule has 258 valence electrons. The van der Waals surface area contributed by atoms with Gasteiger partial charge in [-0.05, 0) is 84.6 Å². The van der Waals surface area contributed by atoms with Crippen LogP contribution in [0.1, 0.15) is 0 Å². The molecular formula is C52H35NOSi. The molecular weight excluding hydrogens is 683 g/mol. The standard InChI is InChI=1S/C52H35NOSi/c1-3-15-36(16-4-1)37-29-31-39(32-30-37)53(40-33-34-44-43-22-9-11-25-47(43)54-48(44)35-40)46-24-14-28-51-52(46)45-23-10-12-26-50(45)55(51,41-19-5-2-6-20-41)49-27-13-18-38-17-7-8-21-42(38)49/h1-35H. The Morgan fingerprint density at radius 2 is 0.982 bits per heavy atom. The van der Waals surface area contributed by atoms with Crippen LogP contribution in [0.5, 0.6) is 0 Å². The number of furan rings is 1. The molecule has 11 rings (SSSR count). The number of benzene rings is 9. The molecule has 1 atom stereocenters. The third kappa shape index (κ3) is 4.80. The monoisotopic (exact) mass is 717 g/mol. The van der Waals surface area contributed by atoms with Gasteiger partial charge in [-0.1, -0.05) is 170 Å². The lowest BCUT2D eigenvalue weighted by atomic mass is 10.0. The van der Waals surface area contributed by atoms with E-state index in [4.69, 9.17) is 4.42 Å². The summed E-state index contributed by atoms with van der Waals surface area (Å²) in [5.74, 6) is 0. The van der Waals surface area contributed by atoms with Crippen LogP contribution >= 0.6 is 0 Å². The molecule has 0 spiro atoms. The van der Waals surface area contributed by atoms with Gasteiger partial charge in [-0.3, -0.25) is 0 Å². The van der Waals surface area contributed by atoms with Crippen molar-refractivity contribution in [2.75, 3.05) is 4.90 Å². The van der Waals surface area contributed by atoms with E-state index in [1.807, 2.05) is 6.07 Å². The summed E-state index contributed by atoms with van der Waals surface area (Å²) < 4.78 is 6.51. The summed E-state index contributed by atoms with van der Waals surface area (Å²) in [5.41, 5.74) is 10.0. The summed E-state index contributed by atoms with van der Waals surface area (Å²) in [6.45, 7) is 0. The number of nitrogens with zero attached hydrogens (tertiary/aromatic N) is 1. The van der Waals surface area contributed by atoms with E-state index in [1.54, 1.807) is 0 Å². The number of fused-ring (bicyclic) bond motifs is 7. The molecule has 1 aromatic heterocycles. The molecule has 3 heteroatoms. The van der Waals surface area contributed by atoms with Crippen molar-refractivity contribution in [3.05, 3.63) is 212 Å². The van der Waals surface area contributed by atoms with Crippen LogP contribution in [0.25, 0.3) is 55.0 Å². The number of anilines is 3. The Balaban J connectivity index is 1.21. The first-order chi connectivity index (χ1) is 27.3. The molecule has 0 bridgehead atoms. The Labute approximate surface area is 321 Å². The van der Waals surface area contributed by atoms with E-state index in [0.29, 0.717) is 0 Å². The second kappa shape index (κ2) is 12.6. The first-order valence-corrected chi connectivity index (χ1v) is 20.9. The molecule has 1 unspecified atom stereocenters. The van der Waals surface area contributed by atoms with Crippen molar-refractivity contribution in [3.8, 4) is 22.3 Å². The summed E-state index contributed by atoms with van der Waals surface area (Å²) in [6.07, 6.45) is 0. The highest BCUT2D eigenvalue weighted by Crippen LogP contribution is 2.45. The van der Waals surface area contributed by atoms with Crippen LogP contribution in [0.15, 0.2) is 217 Å². The van der Waals surface area contributed by atoms with Gasteiger partial charge in [0.05, 0.1) is 5.69 Å². The number of para-hydroxylation sites is 1. The molecule has 0 radical (unpaired) electrons. The predicted octanol–water partition coefficient (Wildman–Crippen LogP) is 11.2. The molecule has 10 aromatic rings. The quantitative estimate of drug-likeness (QED) is 0.159. The van der Waals surface area contributed by atoms with Crippen molar-refractivity contribution in [3.63, 3.8) is 0 Å². The van der Waals surface area contributed by atoms with Crippen molar-refractivity contribution in [2.45, 2.75) is 0 Å². The van der Waals surface area contributed by atoms with Crippen molar-refractivity contribution in [1.29, 1.82) is 0 Å². The first kappa shape index (κ1) is 31.6. The van der Waals surface area contributed by atoms with Gasteiger partial charge in [0, 0.05) is 33.8 Å². The van der Waals surface area contributed by atoms with Crippen molar-refractivity contribution in [2.24, 2.45) is 0 Å². The fourth-order valence-electron chi connectivity index (χ4n) is 9.21. The molecule has 1 aliphatic heterocycles. The van der Waals surface area contributed by atoms with Gasteiger partial charge in [0.1, 0.15) is 11.2 Å². The zero-order valence-corrected chi connectivity index (χ0v) is 31.1. The zero-order valence-electron chi connectivity index (χ0n) is 30.1. The van der Waals surface area contributed by atoms with E-state index >= 15 is 0 Å². The van der Waals surface area contributed by atoms with Gasteiger partial charge in [0.15, 0.2) is 8.07 Å². The molecule has 0 saturated heterocycles. The second-order valence-electron chi connectivity index (χ2n) is 14.4. The SMILES string of the molecule is c1ccc(-c2ccc(N(c3ccc4c(c3)oc3ccccc34)c3cccc4c3-c3ccccc3[Si]4(c3ccccc3)c3cccc4ccccc34)cc2)cc1. The highest BCUT2D eigenvalue weighted by atomic mass is 28.3. The fourth-order valence-corrected chi connectivity index (χ4v) is 14.6.